The largest absolute Gasteiger partial charge is 0.354 e. The van der Waals surface area contributed by atoms with Crippen LogP contribution in [0.3, 0.4) is 0 Å². The van der Waals surface area contributed by atoms with E-state index in [2.05, 4.69) is 20.9 Å². The van der Waals surface area contributed by atoms with Crippen LogP contribution in [0, 0.1) is 5.92 Å². The summed E-state index contributed by atoms with van der Waals surface area (Å²) >= 11 is 1.56. The third-order valence-electron chi connectivity index (χ3n) is 3.52. The van der Waals surface area contributed by atoms with Crippen LogP contribution in [0.25, 0.3) is 10.6 Å². The number of hydrogen-bond acceptors (Lipinski definition) is 4. The average Bonchev–Trinajstić information content (AvgIpc) is 3.23. The summed E-state index contributed by atoms with van der Waals surface area (Å²) in [5.74, 6) is 0.468. The van der Waals surface area contributed by atoms with Crippen molar-refractivity contribution in [3.05, 3.63) is 35.8 Å². The number of benzene rings is 1. The van der Waals surface area contributed by atoms with Crippen molar-refractivity contribution in [3.8, 4) is 10.6 Å². The summed E-state index contributed by atoms with van der Waals surface area (Å²) in [6.07, 6.45) is 4.13. The van der Waals surface area contributed by atoms with Gasteiger partial charge in [-0.2, -0.15) is 0 Å². The lowest BCUT2D eigenvalue weighted by Crippen LogP contribution is -2.39. The van der Waals surface area contributed by atoms with Crippen LogP contribution in [-0.2, 0) is 4.79 Å². The molecule has 23 heavy (non-hydrogen) atoms. The predicted octanol–water partition coefficient (Wildman–Crippen LogP) is 2.46. The van der Waals surface area contributed by atoms with Gasteiger partial charge in [0.25, 0.3) is 0 Å². The first kappa shape index (κ1) is 15.5. The molecule has 0 aliphatic heterocycles. The minimum atomic E-state index is -0.395. The Labute approximate surface area is 138 Å². The fraction of sp³-hybridized carbons (Fsp3) is 0.312. The summed E-state index contributed by atoms with van der Waals surface area (Å²) in [7, 11) is 0. The van der Waals surface area contributed by atoms with E-state index in [9.17, 15) is 9.59 Å². The van der Waals surface area contributed by atoms with E-state index in [0.717, 1.165) is 10.6 Å². The Bertz CT molecular complexity index is 666. The second-order valence-electron chi connectivity index (χ2n) is 5.47. The van der Waals surface area contributed by atoms with E-state index in [1.807, 2.05) is 29.6 Å². The molecule has 6 nitrogen and oxygen atoms in total. The molecule has 1 aliphatic rings. The van der Waals surface area contributed by atoms with Crippen molar-refractivity contribution in [1.29, 1.82) is 0 Å². The SMILES string of the molecule is O=C(CNC(=O)Nc1ccc(-c2nccs2)cc1)NCC1CC1. The fourth-order valence-electron chi connectivity index (χ4n) is 2.04. The van der Waals surface area contributed by atoms with Crippen LogP contribution in [-0.4, -0.2) is 30.0 Å². The average molecular weight is 330 g/mol. The van der Waals surface area contributed by atoms with E-state index in [0.29, 0.717) is 18.2 Å². The monoisotopic (exact) mass is 330 g/mol. The molecule has 2 aromatic rings. The molecular formula is C16H18N4O2S. The maximum Gasteiger partial charge on any atom is 0.319 e. The molecule has 1 aliphatic carbocycles. The quantitative estimate of drug-likeness (QED) is 0.761. The third-order valence-corrected chi connectivity index (χ3v) is 4.34. The van der Waals surface area contributed by atoms with Gasteiger partial charge in [-0.3, -0.25) is 4.79 Å². The summed E-state index contributed by atoms with van der Waals surface area (Å²) in [6, 6.07) is 7.02. The highest BCUT2D eigenvalue weighted by atomic mass is 32.1. The van der Waals surface area contributed by atoms with E-state index >= 15 is 0 Å². The molecule has 3 rings (SSSR count). The Morgan fingerprint density at radius 2 is 1.96 bits per heavy atom. The number of hydrogen-bond donors (Lipinski definition) is 3. The molecule has 0 radical (unpaired) electrons. The number of nitrogens with one attached hydrogen (secondary N) is 3. The summed E-state index contributed by atoms with van der Waals surface area (Å²) in [5.41, 5.74) is 1.67. The zero-order chi connectivity index (χ0) is 16.1. The van der Waals surface area contributed by atoms with Crippen LogP contribution in [0.4, 0.5) is 10.5 Å². The van der Waals surface area contributed by atoms with Crippen LogP contribution in [0.5, 0.6) is 0 Å². The number of carbonyl (C=O) groups is 2. The summed E-state index contributed by atoms with van der Waals surface area (Å²) in [4.78, 5) is 27.6. The minimum Gasteiger partial charge on any atom is -0.354 e. The first-order valence-electron chi connectivity index (χ1n) is 7.52. The van der Waals surface area contributed by atoms with Gasteiger partial charge < -0.3 is 16.0 Å². The van der Waals surface area contributed by atoms with Crippen molar-refractivity contribution in [2.75, 3.05) is 18.4 Å². The second-order valence-corrected chi connectivity index (χ2v) is 6.36. The summed E-state index contributed by atoms with van der Waals surface area (Å²) < 4.78 is 0. The number of urea groups is 1. The van der Waals surface area contributed by atoms with Gasteiger partial charge in [0, 0.05) is 29.4 Å². The molecule has 0 spiro atoms. The Morgan fingerprint density at radius 3 is 2.61 bits per heavy atom. The van der Waals surface area contributed by atoms with Crippen LogP contribution in [0.2, 0.25) is 0 Å². The molecule has 1 aromatic carbocycles. The highest BCUT2D eigenvalue weighted by Gasteiger charge is 2.21. The highest BCUT2D eigenvalue weighted by Crippen LogP contribution is 2.27. The van der Waals surface area contributed by atoms with Gasteiger partial charge in [-0.05, 0) is 43.0 Å². The van der Waals surface area contributed by atoms with E-state index in [-0.39, 0.29) is 12.5 Å². The first-order chi connectivity index (χ1) is 11.2. The molecule has 0 saturated heterocycles. The lowest BCUT2D eigenvalue weighted by atomic mass is 10.2. The maximum absolute atomic E-state index is 11.8. The van der Waals surface area contributed by atoms with Crippen molar-refractivity contribution in [1.82, 2.24) is 15.6 Å². The zero-order valence-corrected chi connectivity index (χ0v) is 13.4. The van der Waals surface area contributed by atoms with Gasteiger partial charge in [-0.25, -0.2) is 9.78 Å². The number of nitrogens with zero attached hydrogens (tertiary/aromatic N) is 1. The molecule has 1 aromatic heterocycles. The van der Waals surface area contributed by atoms with Crippen LogP contribution >= 0.6 is 11.3 Å². The topological polar surface area (TPSA) is 83.1 Å². The van der Waals surface area contributed by atoms with Crippen molar-refractivity contribution in [2.24, 2.45) is 5.92 Å². The van der Waals surface area contributed by atoms with Crippen molar-refractivity contribution < 1.29 is 9.59 Å². The lowest BCUT2D eigenvalue weighted by Gasteiger charge is -2.08. The maximum atomic E-state index is 11.8. The van der Waals surface area contributed by atoms with Crippen LogP contribution in [0.1, 0.15) is 12.8 Å². The lowest BCUT2D eigenvalue weighted by molar-refractivity contribution is -0.120. The molecule has 0 bridgehead atoms. The number of amides is 3. The first-order valence-corrected chi connectivity index (χ1v) is 8.40. The Hall–Kier alpha value is -2.41. The van der Waals surface area contributed by atoms with Crippen molar-refractivity contribution in [2.45, 2.75) is 12.8 Å². The summed E-state index contributed by atoms with van der Waals surface area (Å²) in [5, 5.41) is 10.9. The highest BCUT2D eigenvalue weighted by molar-refractivity contribution is 7.13. The number of aromatic nitrogens is 1. The number of rotatable bonds is 6. The van der Waals surface area contributed by atoms with E-state index in [1.54, 1.807) is 17.5 Å². The summed E-state index contributed by atoms with van der Waals surface area (Å²) in [6.45, 7) is 0.691. The Kier molecular flexibility index (Phi) is 4.87. The zero-order valence-electron chi connectivity index (χ0n) is 12.5. The molecule has 1 heterocycles. The van der Waals surface area contributed by atoms with Crippen molar-refractivity contribution in [3.63, 3.8) is 0 Å². The molecule has 0 unspecified atom stereocenters. The standard InChI is InChI=1S/C16H18N4O2S/c21-14(18-9-11-1-2-11)10-19-16(22)20-13-5-3-12(4-6-13)15-17-7-8-23-15/h3-8,11H,1-2,9-10H2,(H,18,21)(H2,19,20,22). The smallest absolute Gasteiger partial charge is 0.319 e. The van der Waals surface area contributed by atoms with Gasteiger partial charge in [0.1, 0.15) is 5.01 Å². The van der Waals surface area contributed by atoms with Gasteiger partial charge in [0.15, 0.2) is 0 Å². The van der Waals surface area contributed by atoms with Gasteiger partial charge in [0.05, 0.1) is 6.54 Å². The molecule has 1 fully saturated rings. The van der Waals surface area contributed by atoms with E-state index in [1.165, 1.54) is 12.8 Å². The number of carbonyl (C=O) groups excluding carboxylic acids is 2. The van der Waals surface area contributed by atoms with E-state index < -0.39 is 6.03 Å². The van der Waals surface area contributed by atoms with Gasteiger partial charge in [-0.1, -0.05) is 0 Å². The van der Waals surface area contributed by atoms with Gasteiger partial charge >= 0.3 is 6.03 Å². The van der Waals surface area contributed by atoms with Crippen LogP contribution < -0.4 is 16.0 Å². The van der Waals surface area contributed by atoms with Gasteiger partial charge in [0.2, 0.25) is 5.91 Å². The van der Waals surface area contributed by atoms with Gasteiger partial charge in [-0.15, -0.1) is 11.3 Å². The number of anilines is 1. The Morgan fingerprint density at radius 1 is 1.17 bits per heavy atom. The molecular weight excluding hydrogens is 312 g/mol. The predicted molar refractivity (Wildman–Crippen MR) is 90.3 cm³/mol. The Balaban J connectivity index is 1.43. The van der Waals surface area contributed by atoms with E-state index in [4.69, 9.17) is 0 Å². The van der Waals surface area contributed by atoms with Crippen molar-refractivity contribution >= 4 is 29.0 Å². The number of thiazole rings is 1. The van der Waals surface area contributed by atoms with Crippen LogP contribution in [0.15, 0.2) is 35.8 Å². The molecule has 3 amide bonds. The normalized spacial score (nSPS) is 13.4. The molecule has 120 valence electrons. The second kappa shape index (κ2) is 7.23. The molecule has 1 saturated carbocycles. The molecule has 3 N–H and O–H groups in total. The molecule has 0 atom stereocenters. The minimum absolute atomic E-state index is 0.0181. The fourth-order valence-corrected chi connectivity index (χ4v) is 2.69. The third kappa shape index (κ3) is 4.79. The molecule has 7 heteroatoms.